The Morgan fingerprint density at radius 1 is 0.903 bits per heavy atom. The van der Waals surface area contributed by atoms with E-state index in [4.69, 9.17) is 11.6 Å². The van der Waals surface area contributed by atoms with Crippen LogP contribution >= 0.6 is 11.6 Å². The average molecular weight is 428 g/mol. The quantitative estimate of drug-likeness (QED) is 0.432. The van der Waals surface area contributed by atoms with Gasteiger partial charge in [0.15, 0.2) is 5.65 Å². The van der Waals surface area contributed by atoms with Crippen LogP contribution < -0.4 is 5.32 Å². The Balaban J connectivity index is 1.46. The second kappa shape index (κ2) is 7.92. The number of carbonyl (C=O) groups excluding carboxylic acids is 1. The lowest BCUT2D eigenvalue weighted by Crippen LogP contribution is -2.12. The van der Waals surface area contributed by atoms with E-state index in [-0.39, 0.29) is 5.91 Å². The maximum absolute atomic E-state index is 12.5. The third kappa shape index (κ3) is 3.84. The van der Waals surface area contributed by atoms with Crippen LogP contribution in [0, 0.1) is 0 Å². The number of fused-ring (bicyclic) bond motifs is 1. The first-order valence-corrected chi connectivity index (χ1v) is 9.72. The number of aromatic nitrogens is 6. The maximum atomic E-state index is 12.5. The molecule has 5 aromatic rings. The molecule has 31 heavy (non-hydrogen) atoms. The number of anilines is 1. The smallest absolute Gasteiger partial charge is 0.257 e. The largest absolute Gasteiger partial charge is 0.322 e. The molecule has 1 N–H and O–H groups in total. The summed E-state index contributed by atoms with van der Waals surface area (Å²) in [5.74, 6) is 0.276. The van der Waals surface area contributed by atoms with Crippen molar-refractivity contribution in [2.75, 3.05) is 5.32 Å². The van der Waals surface area contributed by atoms with Crippen LogP contribution in [0.15, 0.2) is 79.1 Å². The van der Waals surface area contributed by atoms with E-state index in [1.807, 2.05) is 48.5 Å². The van der Waals surface area contributed by atoms with Crippen molar-refractivity contribution in [3.8, 4) is 22.8 Å². The first-order valence-electron chi connectivity index (χ1n) is 9.34. The van der Waals surface area contributed by atoms with Crippen LogP contribution in [0.4, 0.5) is 5.69 Å². The summed E-state index contributed by atoms with van der Waals surface area (Å²) in [5, 5.41) is 16.3. The summed E-state index contributed by atoms with van der Waals surface area (Å²) in [6, 6.07) is 19.9. The molecule has 1 amide bonds. The Bertz CT molecular complexity index is 1380. The van der Waals surface area contributed by atoms with Gasteiger partial charge >= 0.3 is 0 Å². The van der Waals surface area contributed by atoms with Crippen LogP contribution in [-0.4, -0.2) is 35.7 Å². The number of carbonyl (C=O) groups is 1. The lowest BCUT2D eigenvalue weighted by Gasteiger charge is -2.08. The molecule has 9 heteroatoms. The number of benzene rings is 1. The number of rotatable bonds is 4. The summed E-state index contributed by atoms with van der Waals surface area (Å²) < 4.78 is 1.66. The minimum atomic E-state index is -0.277. The average Bonchev–Trinajstić information content (AvgIpc) is 3.23. The summed E-state index contributed by atoms with van der Waals surface area (Å²) in [5.41, 5.74) is 3.87. The Morgan fingerprint density at radius 3 is 2.65 bits per heavy atom. The zero-order valence-electron chi connectivity index (χ0n) is 16.0. The fraction of sp³-hybridized carbons (Fsp3) is 0. The Hall–Kier alpha value is -4.17. The predicted molar refractivity (Wildman–Crippen MR) is 117 cm³/mol. The molecule has 0 fully saturated rings. The van der Waals surface area contributed by atoms with E-state index in [9.17, 15) is 4.79 Å². The monoisotopic (exact) mass is 427 g/mol. The van der Waals surface area contributed by atoms with Gasteiger partial charge in [0.25, 0.3) is 5.91 Å². The van der Waals surface area contributed by atoms with Gasteiger partial charge in [-0.2, -0.15) is 9.61 Å². The molecule has 4 aromatic heterocycles. The fourth-order valence-electron chi connectivity index (χ4n) is 3.07. The number of halogens is 1. The van der Waals surface area contributed by atoms with E-state index in [0.29, 0.717) is 39.3 Å². The van der Waals surface area contributed by atoms with Crippen molar-refractivity contribution >= 4 is 28.8 Å². The molecule has 0 atom stereocenters. The minimum absolute atomic E-state index is 0.277. The van der Waals surface area contributed by atoms with Crippen LogP contribution in [0.3, 0.4) is 0 Å². The molecule has 150 valence electrons. The van der Waals surface area contributed by atoms with Crippen molar-refractivity contribution in [1.82, 2.24) is 29.8 Å². The summed E-state index contributed by atoms with van der Waals surface area (Å²) in [7, 11) is 0. The van der Waals surface area contributed by atoms with Gasteiger partial charge in [-0.25, -0.2) is 4.98 Å². The summed E-state index contributed by atoms with van der Waals surface area (Å²) in [4.78, 5) is 20.7. The van der Waals surface area contributed by atoms with Gasteiger partial charge in [-0.15, -0.1) is 10.2 Å². The first-order chi connectivity index (χ1) is 15.2. The van der Waals surface area contributed by atoms with E-state index in [2.05, 4.69) is 30.6 Å². The second-order valence-electron chi connectivity index (χ2n) is 6.63. The summed E-state index contributed by atoms with van der Waals surface area (Å²) in [6.07, 6.45) is 3.13. The molecule has 0 saturated heterocycles. The normalized spacial score (nSPS) is 10.9. The zero-order valence-corrected chi connectivity index (χ0v) is 16.7. The highest BCUT2D eigenvalue weighted by atomic mass is 35.5. The molecular formula is C22H14ClN7O. The Kier molecular flexibility index (Phi) is 4.81. The molecule has 8 nitrogen and oxygen atoms in total. The Morgan fingerprint density at radius 2 is 1.84 bits per heavy atom. The number of nitrogens with one attached hydrogen (secondary N) is 1. The fourth-order valence-corrected chi connectivity index (χ4v) is 3.18. The summed E-state index contributed by atoms with van der Waals surface area (Å²) >= 11 is 5.78. The van der Waals surface area contributed by atoms with Gasteiger partial charge in [-0.3, -0.25) is 9.78 Å². The van der Waals surface area contributed by atoms with Gasteiger partial charge in [0, 0.05) is 23.6 Å². The Labute approximate surface area is 181 Å². The minimum Gasteiger partial charge on any atom is -0.322 e. The van der Waals surface area contributed by atoms with Crippen LogP contribution in [0.5, 0.6) is 0 Å². The molecule has 0 bridgehead atoms. The van der Waals surface area contributed by atoms with E-state index in [0.717, 1.165) is 5.56 Å². The van der Waals surface area contributed by atoms with Gasteiger partial charge < -0.3 is 5.32 Å². The molecule has 0 spiro atoms. The molecule has 0 saturated carbocycles. The van der Waals surface area contributed by atoms with Crippen LogP contribution in [-0.2, 0) is 0 Å². The van der Waals surface area contributed by atoms with Crippen LogP contribution in [0.2, 0.25) is 5.15 Å². The van der Waals surface area contributed by atoms with Crippen molar-refractivity contribution in [2.45, 2.75) is 0 Å². The van der Waals surface area contributed by atoms with Crippen molar-refractivity contribution in [3.05, 3.63) is 89.8 Å². The van der Waals surface area contributed by atoms with Gasteiger partial charge in [0.05, 0.1) is 11.3 Å². The lowest BCUT2D eigenvalue weighted by atomic mass is 10.1. The topological polar surface area (TPSA) is 98.0 Å². The second-order valence-corrected chi connectivity index (χ2v) is 7.02. The van der Waals surface area contributed by atoms with Gasteiger partial charge in [-0.1, -0.05) is 29.8 Å². The van der Waals surface area contributed by atoms with E-state index in [1.54, 1.807) is 28.9 Å². The number of nitrogens with zero attached hydrogens (tertiary/aromatic N) is 6. The molecule has 0 radical (unpaired) electrons. The molecule has 0 aliphatic heterocycles. The molecule has 0 aliphatic rings. The highest BCUT2D eigenvalue weighted by Crippen LogP contribution is 2.23. The van der Waals surface area contributed by atoms with Gasteiger partial charge in [0.2, 0.25) is 5.82 Å². The SMILES string of the molecule is O=C(Nc1cccc(-c2ccc3nnc(-c4ccccn4)n3n2)c1)c1ccc(Cl)nc1. The van der Waals surface area contributed by atoms with Crippen LogP contribution in [0.25, 0.3) is 28.4 Å². The standard InChI is InChI=1S/C22H14ClN7O/c23-19-9-7-15(13-25-19)22(31)26-16-5-3-4-14(12-16)17-8-10-20-27-28-21(30(20)29-17)18-6-1-2-11-24-18/h1-13H,(H,26,31). The van der Waals surface area contributed by atoms with E-state index < -0.39 is 0 Å². The van der Waals surface area contributed by atoms with Crippen LogP contribution in [0.1, 0.15) is 10.4 Å². The molecule has 5 rings (SSSR count). The van der Waals surface area contributed by atoms with Crippen molar-refractivity contribution < 1.29 is 4.79 Å². The summed E-state index contributed by atoms with van der Waals surface area (Å²) in [6.45, 7) is 0. The molecule has 0 aliphatic carbocycles. The number of amides is 1. The number of hydrogen-bond donors (Lipinski definition) is 1. The van der Waals surface area contributed by atoms with E-state index >= 15 is 0 Å². The highest BCUT2D eigenvalue weighted by molar-refractivity contribution is 6.29. The number of pyridine rings is 2. The maximum Gasteiger partial charge on any atom is 0.257 e. The molecule has 4 heterocycles. The van der Waals surface area contributed by atoms with Gasteiger partial charge in [0.1, 0.15) is 10.8 Å². The zero-order chi connectivity index (χ0) is 21.2. The van der Waals surface area contributed by atoms with Crippen molar-refractivity contribution in [3.63, 3.8) is 0 Å². The molecular weight excluding hydrogens is 414 g/mol. The lowest BCUT2D eigenvalue weighted by molar-refractivity contribution is 0.102. The first kappa shape index (κ1) is 18.8. The van der Waals surface area contributed by atoms with E-state index in [1.165, 1.54) is 6.20 Å². The van der Waals surface area contributed by atoms with Crippen molar-refractivity contribution in [1.29, 1.82) is 0 Å². The van der Waals surface area contributed by atoms with Gasteiger partial charge in [-0.05, 0) is 48.5 Å². The third-order valence-corrected chi connectivity index (χ3v) is 4.79. The predicted octanol–water partition coefficient (Wildman–Crippen LogP) is 4.15. The third-order valence-electron chi connectivity index (χ3n) is 4.56. The van der Waals surface area contributed by atoms with Crippen molar-refractivity contribution in [2.24, 2.45) is 0 Å². The number of hydrogen-bond acceptors (Lipinski definition) is 6. The highest BCUT2D eigenvalue weighted by Gasteiger charge is 2.12. The molecule has 0 unspecified atom stereocenters. The molecule has 1 aromatic carbocycles.